The van der Waals surface area contributed by atoms with Crippen molar-refractivity contribution >= 4 is 5.91 Å². The summed E-state index contributed by atoms with van der Waals surface area (Å²) in [6.45, 7) is -0.133. The zero-order valence-corrected chi connectivity index (χ0v) is 13.6. The van der Waals surface area contributed by atoms with E-state index in [4.69, 9.17) is 4.74 Å². The maximum Gasteiger partial charge on any atom is 0.251 e. The van der Waals surface area contributed by atoms with E-state index in [1.54, 1.807) is 12.0 Å². The summed E-state index contributed by atoms with van der Waals surface area (Å²) in [4.78, 5) is 14.3. The summed E-state index contributed by atoms with van der Waals surface area (Å²) in [5, 5.41) is 9.94. The molecule has 4 nitrogen and oxygen atoms in total. The summed E-state index contributed by atoms with van der Waals surface area (Å²) >= 11 is 0. The highest BCUT2D eigenvalue weighted by Gasteiger charge is 2.38. The first-order valence-electron chi connectivity index (χ1n) is 8.02. The third-order valence-electron chi connectivity index (χ3n) is 4.39. The monoisotopic (exact) mass is 323 g/mol. The summed E-state index contributed by atoms with van der Waals surface area (Å²) in [7, 11) is 1.58. The van der Waals surface area contributed by atoms with Crippen LogP contribution in [0.2, 0.25) is 0 Å². The molecule has 1 aliphatic heterocycles. The van der Waals surface area contributed by atoms with Crippen LogP contribution in [0.3, 0.4) is 0 Å². The van der Waals surface area contributed by atoms with Gasteiger partial charge in [0.2, 0.25) is 0 Å². The van der Waals surface area contributed by atoms with Crippen molar-refractivity contribution < 1.29 is 14.6 Å². The number of aliphatic hydroxyl groups excluding tert-OH is 1. The minimum atomic E-state index is -0.392. The molecule has 124 valence electrons. The van der Waals surface area contributed by atoms with Gasteiger partial charge in [-0.2, -0.15) is 0 Å². The van der Waals surface area contributed by atoms with Gasteiger partial charge in [-0.05, 0) is 11.1 Å². The molecule has 0 bridgehead atoms. The lowest BCUT2D eigenvalue weighted by Crippen LogP contribution is -2.41. The number of amides is 1. The van der Waals surface area contributed by atoms with Crippen molar-refractivity contribution in [3.8, 4) is 0 Å². The van der Waals surface area contributed by atoms with E-state index in [0.29, 0.717) is 12.2 Å². The molecule has 1 aliphatic rings. The van der Waals surface area contributed by atoms with Gasteiger partial charge in [0.15, 0.2) is 0 Å². The predicted octanol–water partition coefficient (Wildman–Crippen LogP) is 2.70. The van der Waals surface area contributed by atoms with Crippen LogP contribution in [0.4, 0.5) is 0 Å². The van der Waals surface area contributed by atoms with Gasteiger partial charge < -0.3 is 14.7 Å². The fourth-order valence-corrected chi connectivity index (χ4v) is 3.21. The lowest BCUT2D eigenvalue weighted by molar-refractivity contribution is -0.129. The number of carbonyl (C=O) groups is 1. The summed E-state index contributed by atoms with van der Waals surface area (Å²) in [5.41, 5.74) is 2.03. The van der Waals surface area contributed by atoms with Gasteiger partial charge in [-0.15, -0.1) is 0 Å². The Kier molecular flexibility index (Phi) is 4.96. The van der Waals surface area contributed by atoms with Crippen molar-refractivity contribution in [2.75, 3.05) is 13.7 Å². The highest BCUT2D eigenvalue weighted by atomic mass is 16.5. The topological polar surface area (TPSA) is 49.8 Å². The number of carbonyl (C=O) groups excluding carboxylic acids is 1. The average Bonchev–Trinajstić information content (AvgIpc) is 2.93. The van der Waals surface area contributed by atoms with Gasteiger partial charge in [-0.1, -0.05) is 60.7 Å². The van der Waals surface area contributed by atoms with Crippen molar-refractivity contribution in [2.45, 2.75) is 18.5 Å². The highest BCUT2D eigenvalue weighted by molar-refractivity contribution is 5.92. The molecule has 1 heterocycles. The van der Waals surface area contributed by atoms with Crippen LogP contribution >= 0.6 is 0 Å². The zero-order valence-electron chi connectivity index (χ0n) is 13.6. The lowest BCUT2D eigenvalue weighted by atomic mass is 10.0. The van der Waals surface area contributed by atoms with E-state index in [9.17, 15) is 9.90 Å². The molecule has 2 aromatic rings. The van der Waals surface area contributed by atoms with Gasteiger partial charge in [0.05, 0.1) is 25.8 Å². The van der Waals surface area contributed by atoms with Crippen molar-refractivity contribution in [3.63, 3.8) is 0 Å². The number of hydrogen-bond acceptors (Lipinski definition) is 3. The predicted molar refractivity (Wildman–Crippen MR) is 92.1 cm³/mol. The second-order valence-electron chi connectivity index (χ2n) is 5.81. The Hall–Kier alpha value is -2.59. The number of benzene rings is 2. The van der Waals surface area contributed by atoms with E-state index >= 15 is 0 Å². The summed E-state index contributed by atoms with van der Waals surface area (Å²) in [5.74, 6) is 0.508. The van der Waals surface area contributed by atoms with Gasteiger partial charge in [-0.25, -0.2) is 0 Å². The van der Waals surface area contributed by atoms with E-state index in [0.717, 1.165) is 11.1 Å². The molecule has 0 radical (unpaired) electrons. The molecule has 0 saturated carbocycles. The average molecular weight is 323 g/mol. The first-order chi connectivity index (χ1) is 11.7. The molecule has 0 spiro atoms. The quantitative estimate of drug-likeness (QED) is 0.889. The fraction of sp³-hybridized carbons (Fsp3) is 0.250. The number of methoxy groups -OCH3 is 1. The van der Waals surface area contributed by atoms with Crippen LogP contribution in [0.25, 0.3) is 0 Å². The zero-order chi connectivity index (χ0) is 16.9. The molecule has 0 saturated heterocycles. The van der Waals surface area contributed by atoms with Gasteiger partial charge in [0, 0.05) is 12.5 Å². The van der Waals surface area contributed by atoms with Crippen LogP contribution in [0.1, 0.15) is 17.2 Å². The largest absolute Gasteiger partial charge is 0.499 e. The standard InChI is InChI=1S/C20H21NO3/c1-24-19-13-20(23)21(17(19)12-15-8-4-2-5-9-15)18(14-22)16-10-6-3-7-11-16/h2-11,13,17-18,22H,12,14H2,1H3/t17-,18+/m0/s1. The fourth-order valence-electron chi connectivity index (χ4n) is 3.21. The Balaban J connectivity index is 1.93. The minimum absolute atomic E-state index is 0.129. The van der Waals surface area contributed by atoms with Crippen LogP contribution in [0.5, 0.6) is 0 Å². The van der Waals surface area contributed by atoms with E-state index in [-0.39, 0.29) is 18.6 Å². The minimum Gasteiger partial charge on any atom is -0.499 e. The highest BCUT2D eigenvalue weighted by Crippen LogP contribution is 2.32. The molecule has 24 heavy (non-hydrogen) atoms. The van der Waals surface area contributed by atoms with E-state index < -0.39 is 6.04 Å². The van der Waals surface area contributed by atoms with Crippen molar-refractivity contribution in [1.82, 2.24) is 4.90 Å². The van der Waals surface area contributed by atoms with E-state index in [2.05, 4.69) is 0 Å². The molecule has 0 unspecified atom stereocenters. The van der Waals surface area contributed by atoms with Gasteiger partial charge in [0.25, 0.3) is 5.91 Å². The Labute approximate surface area is 142 Å². The molecule has 3 rings (SSSR count). The maximum absolute atomic E-state index is 12.6. The van der Waals surface area contributed by atoms with Crippen molar-refractivity contribution in [2.24, 2.45) is 0 Å². The Morgan fingerprint density at radius 1 is 1.08 bits per heavy atom. The number of hydrogen-bond donors (Lipinski definition) is 1. The van der Waals surface area contributed by atoms with Gasteiger partial charge in [0.1, 0.15) is 5.76 Å². The Bertz CT molecular complexity index is 712. The molecule has 1 amide bonds. The molecule has 2 atom stereocenters. The molecular formula is C20H21NO3. The Morgan fingerprint density at radius 2 is 1.71 bits per heavy atom. The summed E-state index contributed by atoms with van der Waals surface area (Å²) in [6, 6.07) is 19.0. The van der Waals surface area contributed by atoms with Crippen LogP contribution in [-0.2, 0) is 16.0 Å². The van der Waals surface area contributed by atoms with Crippen LogP contribution < -0.4 is 0 Å². The SMILES string of the molecule is COC1=CC(=O)N([C@H](CO)c2ccccc2)[C@H]1Cc1ccccc1. The maximum atomic E-state index is 12.6. The van der Waals surface area contributed by atoms with E-state index in [1.165, 1.54) is 6.08 Å². The van der Waals surface area contributed by atoms with Gasteiger partial charge >= 0.3 is 0 Å². The molecule has 0 aliphatic carbocycles. The Morgan fingerprint density at radius 3 is 2.29 bits per heavy atom. The third kappa shape index (κ3) is 3.19. The number of ether oxygens (including phenoxy) is 1. The summed E-state index contributed by atoms with van der Waals surface area (Å²) in [6.07, 6.45) is 2.18. The molecule has 1 N–H and O–H groups in total. The molecule has 2 aromatic carbocycles. The number of aliphatic hydroxyl groups is 1. The first-order valence-corrected chi connectivity index (χ1v) is 8.02. The summed E-state index contributed by atoms with van der Waals surface area (Å²) < 4.78 is 5.44. The first kappa shape index (κ1) is 16.3. The second-order valence-corrected chi connectivity index (χ2v) is 5.81. The van der Waals surface area contributed by atoms with Crippen molar-refractivity contribution in [1.29, 1.82) is 0 Å². The lowest BCUT2D eigenvalue weighted by Gasteiger charge is -2.33. The van der Waals surface area contributed by atoms with Crippen LogP contribution in [-0.4, -0.2) is 35.7 Å². The molecule has 0 fully saturated rings. The third-order valence-corrected chi connectivity index (χ3v) is 4.39. The van der Waals surface area contributed by atoms with Crippen molar-refractivity contribution in [3.05, 3.63) is 83.6 Å². The van der Waals surface area contributed by atoms with Gasteiger partial charge in [-0.3, -0.25) is 4.79 Å². The van der Waals surface area contributed by atoms with Crippen LogP contribution in [0, 0.1) is 0 Å². The smallest absolute Gasteiger partial charge is 0.251 e. The molecular weight excluding hydrogens is 302 g/mol. The number of rotatable bonds is 6. The normalized spacial score (nSPS) is 18.4. The second kappa shape index (κ2) is 7.32. The van der Waals surface area contributed by atoms with Crippen LogP contribution in [0.15, 0.2) is 72.5 Å². The van der Waals surface area contributed by atoms with E-state index in [1.807, 2.05) is 60.7 Å². The molecule has 4 heteroatoms. The molecule has 0 aromatic heterocycles. The number of nitrogens with zero attached hydrogens (tertiary/aromatic N) is 1.